The number of nitrogens with zero attached hydrogens (tertiary/aromatic N) is 4. The van der Waals surface area contributed by atoms with Crippen molar-refractivity contribution in [3.63, 3.8) is 0 Å². The number of nitrogens with one attached hydrogen (secondary N) is 1. The van der Waals surface area contributed by atoms with Crippen molar-refractivity contribution in [2.75, 3.05) is 12.4 Å². The molecule has 10 heteroatoms. The van der Waals surface area contributed by atoms with Crippen LogP contribution in [0.25, 0.3) is 27.8 Å². The highest BCUT2D eigenvalue weighted by molar-refractivity contribution is 7.99. The largest absolute Gasteiger partial charge is 0.507 e. The topological polar surface area (TPSA) is 102 Å². The third-order valence-electron chi connectivity index (χ3n) is 5.80. The molecule has 0 saturated heterocycles. The normalized spacial score (nSPS) is 11.2. The summed E-state index contributed by atoms with van der Waals surface area (Å²) in [5.74, 6) is 1.17. The maximum absolute atomic E-state index is 12.6. The summed E-state index contributed by atoms with van der Waals surface area (Å²) < 4.78 is 7.46. The lowest BCUT2D eigenvalue weighted by Gasteiger charge is -2.11. The Morgan fingerprint density at radius 2 is 1.82 bits per heavy atom. The number of phenolic OH excluding ortho intramolecular Hbond substituents is 1. The third kappa shape index (κ3) is 6.05. The van der Waals surface area contributed by atoms with Gasteiger partial charge in [0.2, 0.25) is 0 Å². The van der Waals surface area contributed by atoms with E-state index in [4.69, 9.17) is 16.3 Å². The lowest BCUT2D eigenvalue weighted by atomic mass is 10.0. The molecular formula is C29H24ClN5O3S. The van der Waals surface area contributed by atoms with Crippen LogP contribution in [0, 0.1) is 0 Å². The van der Waals surface area contributed by atoms with Crippen molar-refractivity contribution in [1.82, 2.24) is 20.2 Å². The van der Waals surface area contributed by atoms with E-state index in [-0.39, 0.29) is 17.4 Å². The predicted octanol–water partition coefficient (Wildman–Crippen LogP) is 6.09. The fraction of sp³-hybridized carbons (Fsp3) is 0.103. The summed E-state index contributed by atoms with van der Waals surface area (Å²) in [6, 6.07) is 26.0. The molecule has 0 fully saturated rings. The van der Waals surface area contributed by atoms with Gasteiger partial charge in [0.1, 0.15) is 11.5 Å². The quantitative estimate of drug-likeness (QED) is 0.129. The molecule has 2 N–H and O–H groups in total. The molecule has 0 aliphatic heterocycles. The highest BCUT2D eigenvalue weighted by atomic mass is 35.5. The number of phenols is 1. The zero-order chi connectivity index (χ0) is 27.2. The van der Waals surface area contributed by atoms with Gasteiger partial charge in [-0.3, -0.25) is 9.36 Å². The standard InChI is InChI=1S/C29H24ClN5O3S/c1-2-38-23-14-12-22(13-15-23)35-28(20-7-10-21(30)11-8-20)33-34-29(35)39-18-27(37)32-31-17-25-24-6-4-3-5-19(24)9-16-26(25)36/h3-17,36H,2,18H2,1H3,(H,32,37)/b31-17-. The van der Waals surface area contributed by atoms with Crippen LogP contribution in [0.2, 0.25) is 5.02 Å². The van der Waals surface area contributed by atoms with Gasteiger partial charge in [0.15, 0.2) is 11.0 Å². The molecule has 0 unspecified atom stereocenters. The van der Waals surface area contributed by atoms with Crippen molar-refractivity contribution in [1.29, 1.82) is 0 Å². The van der Waals surface area contributed by atoms with Crippen LogP contribution in [-0.4, -0.2) is 44.4 Å². The SMILES string of the molecule is CCOc1ccc(-n2c(SCC(=O)N/N=C\c3c(O)ccc4ccccc34)nnc2-c2ccc(Cl)cc2)cc1. The second kappa shape index (κ2) is 12.0. The number of carbonyl (C=O) groups is 1. The fourth-order valence-electron chi connectivity index (χ4n) is 3.99. The van der Waals surface area contributed by atoms with Crippen molar-refractivity contribution in [3.8, 4) is 28.6 Å². The first-order valence-corrected chi connectivity index (χ1v) is 13.5. The molecule has 0 saturated carbocycles. The lowest BCUT2D eigenvalue weighted by molar-refractivity contribution is -0.118. The number of ether oxygens (including phenoxy) is 1. The molecule has 0 aliphatic rings. The summed E-state index contributed by atoms with van der Waals surface area (Å²) in [7, 11) is 0. The number of amides is 1. The van der Waals surface area contributed by atoms with Crippen LogP contribution in [-0.2, 0) is 4.79 Å². The Balaban J connectivity index is 1.34. The van der Waals surface area contributed by atoms with E-state index < -0.39 is 0 Å². The number of hydrogen-bond donors (Lipinski definition) is 2. The van der Waals surface area contributed by atoms with Gasteiger partial charge in [-0.2, -0.15) is 5.10 Å². The average Bonchev–Trinajstić information content (AvgIpc) is 3.38. The van der Waals surface area contributed by atoms with E-state index in [0.29, 0.717) is 28.2 Å². The van der Waals surface area contributed by atoms with Crippen LogP contribution in [0.4, 0.5) is 0 Å². The van der Waals surface area contributed by atoms with Gasteiger partial charge in [-0.1, -0.05) is 53.7 Å². The minimum Gasteiger partial charge on any atom is -0.507 e. The minimum absolute atomic E-state index is 0.0502. The number of rotatable bonds is 9. The maximum Gasteiger partial charge on any atom is 0.250 e. The minimum atomic E-state index is -0.328. The van der Waals surface area contributed by atoms with Gasteiger partial charge in [0, 0.05) is 21.8 Å². The van der Waals surface area contributed by atoms with Crippen LogP contribution < -0.4 is 10.2 Å². The highest BCUT2D eigenvalue weighted by Gasteiger charge is 2.17. The molecule has 0 spiro atoms. The number of aromatic hydroxyl groups is 1. The third-order valence-corrected chi connectivity index (χ3v) is 6.99. The van der Waals surface area contributed by atoms with Crippen LogP contribution in [0.15, 0.2) is 95.2 Å². The summed E-state index contributed by atoms with van der Waals surface area (Å²) in [5, 5.41) is 26.1. The lowest BCUT2D eigenvalue weighted by Crippen LogP contribution is -2.20. The second-order valence-corrected chi connectivity index (χ2v) is 9.76. The van der Waals surface area contributed by atoms with E-state index in [1.165, 1.54) is 18.0 Å². The van der Waals surface area contributed by atoms with E-state index in [1.807, 2.05) is 78.2 Å². The fourth-order valence-corrected chi connectivity index (χ4v) is 4.86. The highest BCUT2D eigenvalue weighted by Crippen LogP contribution is 2.30. The zero-order valence-electron chi connectivity index (χ0n) is 20.9. The van der Waals surface area contributed by atoms with Crippen molar-refractivity contribution in [2.24, 2.45) is 5.10 Å². The molecule has 1 amide bonds. The first kappa shape index (κ1) is 26.3. The Morgan fingerprint density at radius 3 is 2.59 bits per heavy atom. The molecule has 0 radical (unpaired) electrons. The Labute approximate surface area is 234 Å². The molecule has 0 bridgehead atoms. The molecular weight excluding hydrogens is 534 g/mol. The van der Waals surface area contributed by atoms with Gasteiger partial charge in [0.25, 0.3) is 5.91 Å². The van der Waals surface area contributed by atoms with Crippen LogP contribution in [0.3, 0.4) is 0 Å². The smallest absolute Gasteiger partial charge is 0.250 e. The number of carbonyl (C=O) groups excluding carboxylic acids is 1. The molecule has 5 rings (SSSR count). The molecule has 39 heavy (non-hydrogen) atoms. The first-order valence-electron chi connectivity index (χ1n) is 12.1. The van der Waals surface area contributed by atoms with Gasteiger partial charge >= 0.3 is 0 Å². The van der Waals surface area contributed by atoms with E-state index in [2.05, 4.69) is 20.7 Å². The van der Waals surface area contributed by atoms with Crippen molar-refractivity contribution in [3.05, 3.63) is 95.5 Å². The number of thioether (sulfide) groups is 1. The number of fused-ring (bicyclic) bond motifs is 1. The Hall–Kier alpha value is -4.34. The molecule has 0 aliphatic carbocycles. The van der Waals surface area contributed by atoms with Gasteiger partial charge in [0.05, 0.1) is 18.6 Å². The molecule has 4 aromatic carbocycles. The van der Waals surface area contributed by atoms with Crippen molar-refractivity contribution in [2.45, 2.75) is 12.1 Å². The summed E-state index contributed by atoms with van der Waals surface area (Å²) in [5.41, 5.74) is 4.71. The number of hydrogen-bond acceptors (Lipinski definition) is 7. The molecule has 8 nitrogen and oxygen atoms in total. The van der Waals surface area contributed by atoms with E-state index >= 15 is 0 Å². The van der Waals surface area contributed by atoms with Gasteiger partial charge in [-0.15, -0.1) is 10.2 Å². The average molecular weight is 558 g/mol. The number of aromatic nitrogens is 3. The second-order valence-electron chi connectivity index (χ2n) is 8.38. The maximum atomic E-state index is 12.6. The predicted molar refractivity (Wildman–Crippen MR) is 155 cm³/mol. The van der Waals surface area contributed by atoms with Gasteiger partial charge in [-0.25, -0.2) is 5.43 Å². The number of hydrazone groups is 1. The first-order chi connectivity index (χ1) is 19.0. The molecule has 1 heterocycles. The van der Waals surface area contributed by atoms with E-state index in [9.17, 15) is 9.90 Å². The summed E-state index contributed by atoms with van der Waals surface area (Å²) in [6.45, 7) is 2.50. The molecule has 196 valence electrons. The van der Waals surface area contributed by atoms with E-state index in [1.54, 1.807) is 18.2 Å². The van der Waals surface area contributed by atoms with Gasteiger partial charge in [-0.05, 0) is 72.3 Å². The van der Waals surface area contributed by atoms with Crippen molar-refractivity contribution >= 4 is 46.3 Å². The molecule has 5 aromatic rings. The van der Waals surface area contributed by atoms with Crippen LogP contribution in [0.5, 0.6) is 11.5 Å². The molecule has 0 atom stereocenters. The summed E-state index contributed by atoms with van der Waals surface area (Å²) in [6.07, 6.45) is 1.45. The van der Waals surface area contributed by atoms with Gasteiger partial charge < -0.3 is 9.84 Å². The van der Waals surface area contributed by atoms with Crippen LogP contribution >= 0.6 is 23.4 Å². The van der Waals surface area contributed by atoms with Crippen molar-refractivity contribution < 1.29 is 14.6 Å². The number of benzene rings is 4. The monoisotopic (exact) mass is 557 g/mol. The van der Waals surface area contributed by atoms with E-state index in [0.717, 1.165) is 27.8 Å². The summed E-state index contributed by atoms with van der Waals surface area (Å²) in [4.78, 5) is 12.6. The number of halogens is 1. The van der Waals surface area contributed by atoms with Crippen LogP contribution in [0.1, 0.15) is 12.5 Å². The summed E-state index contributed by atoms with van der Waals surface area (Å²) >= 11 is 7.31. The molecule has 1 aromatic heterocycles. The Bertz CT molecular complexity index is 1640. The Morgan fingerprint density at radius 1 is 1.05 bits per heavy atom. The Kier molecular flexibility index (Phi) is 8.10. The zero-order valence-corrected chi connectivity index (χ0v) is 22.5.